The molecule has 1 aromatic rings. The second kappa shape index (κ2) is 4.51. The van der Waals surface area contributed by atoms with E-state index in [2.05, 4.69) is 15.9 Å². The summed E-state index contributed by atoms with van der Waals surface area (Å²) >= 11 is 5.11. The molecule has 16 heavy (non-hydrogen) atoms. The van der Waals surface area contributed by atoms with Crippen LogP contribution >= 0.6 is 27.7 Å². The lowest BCUT2D eigenvalue weighted by Gasteiger charge is -2.32. The number of rotatable bonds is 3. The molecular formula is C11H11BrN2OS. The highest BCUT2D eigenvalue weighted by Crippen LogP contribution is 2.46. The normalized spacial score (nSPS) is 23.7. The minimum atomic E-state index is -0.486. The Labute approximate surface area is 107 Å². The Balaban J connectivity index is 2.27. The fourth-order valence-electron chi connectivity index (χ4n) is 1.57. The van der Waals surface area contributed by atoms with Crippen LogP contribution in [-0.2, 0) is 4.79 Å². The second-order valence-corrected chi connectivity index (χ2v) is 6.46. The Kier molecular flexibility index (Phi) is 3.25. The highest BCUT2D eigenvalue weighted by molar-refractivity contribution is 9.12. The second-order valence-electron chi connectivity index (χ2n) is 3.44. The Morgan fingerprint density at radius 2 is 2.12 bits per heavy atom. The molecule has 0 aliphatic carbocycles. The first kappa shape index (κ1) is 11.5. The molecule has 84 valence electrons. The maximum atomic E-state index is 11.1. The topological polar surface area (TPSA) is 46.3 Å². The molecule has 0 bridgehead atoms. The van der Waals surface area contributed by atoms with Gasteiger partial charge in [-0.15, -0.1) is 0 Å². The van der Waals surface area contributed by atoms with E-state index >= 15 is 0 Å². The summed E-state index contributed by atoms with van der Waals surface area (Å²) in [6, 6.07) is 9.87. The van der Waals surface area contributed by atoms with Gasteiger partial charge in [0.05, 0.1) is 6.42 Å². The zero-order chi connectivity index (χ0) is 11.6. The smallest absolute Gasteiger partial charge is 0.221 e. The highest BCUT2D eigenvalue weighted by Gasteiger charge is 2.38. The summed E-state index contributed by atoms with van der Waals surface area (Å²) < 4.78 is -0.486. The van der Waals surface area contributed by atoms with Crippen molar-refractivity contribution in [3.63, 3.8) is 0 Å². The van der Waals surface area contributed by atoms with E-state index in [-0.39, 0.29) is 12.3 Å². The summed E-state index contributed by atoms with van der Waals surface area (Å²) in [4.78, 5) is 13.1. The Bertz CT molecular complexity index is 423. The number of nitrogens with zero attached hydrogens (tertiary/aromatic N) is 1. The van der Waals surface area contributed by atoms with E-state index in [9.17, 15) is 4.79 Å². The Morgan fingerprint density at radius 1 is 1.44 bits per heavy atom. The van der Waals surface area contributed by atoms with Crippen LogP contribution in [0, 0.1) is 0 Å². The van der Waals surface area contributed by atoms with Gasteiger partial charge in [-0.3, -0.25) is 4.79 Å². The number of carbonyl (C=O) groups is 1. The first-order chi connectivity index (χ1) is 7.62. The van der Waals surface area contributed by atoms with E-state index in [0.717, 1.165) is 5.69 Å². The average molecular weight is 299 g/mol. The molecule has 0 radical (unpaired) electrons. The number of benzene rings is 1. The molecule has 0 saturated heterocycles. The molecule has 1 aliphatic heterocycles. The van der Waals surface area contributed by atoms with Crippen LogP contribution < -0.4 is 10.6 Å². The predicted octanol–water partition coefficient (Wildman–Crippen LogP) is 2.64. The van der Waals surface area contributed by atoms with Gasteiger partial charge in [-0.25, -0.2) is 0 Å². The lowest BCUT2D eigenvalue weighted by molar-refractivity contribution is -0.118. The van der Waals surface area contributed by atoms with Crippen molar-refractivity contribution in [2.75, 3.05) is 4.90 Å². The standard InChI is InChI=1S/C11H11BrN2OS/c12-11(8-10(13)15)14(6-7-16-11)9-4-2-1-3-5-9/h1-7H,8H2,(H2,13,15). The zero-order valence-corrected chi connectivity index (χ0v) is 10.9. The number of halogens is 1. The molecule has 1 heterocycles. The van der Waals surface area contributed by atoms with Gasteiger partial charge in [0.1, 0.15) is 0 Å². The lowest BCUT2D eigenvalue weighted by atomic mass is 10.2. The summed E-state index contributed by atoms with van der Waals surface area (Å²) in [5, 5.41) is 1.95. The van der Waals surface area contributed by atoms with Gasteiger partial charge in [-0.1, -0.05) is 30.0 Å². The van der Waals surface area contributed by atoms with Crippen LogP contribution in [0.25, 0.3) is 0 Å². The van der Waals surface area contributed by atoms with Crippen LogP contribution in [0.3, 0.4) is 0 Å². The van der Waals surface area contributed by atoms with Gasteiger partial charge in [0, 0.05) is 11.9 Å². The fraction of sp³-hybridized carbons (Fsp3) is 0.182. The van der Waals surface area contributed by atoms with Crippen molar-refractivity contribution in [3.8, 4) is 0 Å². The van der Waals surface area contributed by atoms with E-state index in [1.165, 1.54) is 11.8 Å². The molecule has 1 aliphatic rings. The average Bonchev–Trinajstić information content (AvgIpc) is 2.60. The first-order valence-electron chi connectivity index (χ1n) is 4.78. The third kappa shape index (κ3) is 2.25. The van der Waals surface area contributed by atoms with Gasteiger partial charge in [0.15, 0.2) is 3.78 Å². The maximum Gasteiger partial charge on any atom is 0.221 e. The predicted molar refractivity (Wildman–Crippen MR) is 71.1 cm³/mol. The quantitative estimate of drug-likeness (QED) is 0.689. The van der Waals surface area contributed by atoms with Crippen molar-refractivity contribution in [1.82, 2.24) is 0 Å². The summed E-state index contributed by atoms with van der Waals surface area (Å²) in [6.45, 7) is 0. The van der Waals surface area contributed by atoms with Crippen molar-refractivity contribution in [1.29, 1.82) is 0 Å². The largest absolute Gasteiger partial charge is 0.370 e. The number of amides is 1. The van der Waals surface area contributed by atoms with Crippen molar-refractivity contribution in [3.05, 3.63) is 41.9 Å². The fourth-order valence-corrected chi connectivity index (χ4v) is 3.39. The summed E-state index contributed by atoms with van der Waals surface area (Å²) in [5.74, 6) is -0.325. The van der Waals surface area contributed by atoms with Gasteiger partial charge < -0.3 is 10.6 Å². The SMILES string of the molecule is NC(=O)CC1(Br)SC=CN1c1ccccc1. The van der Waals surface area contributed by atoms with Crippen LogP contribution in [-0.4, -0.2) is 9.69 Å². The van der Waals surface area contributed by atoms with Crippen LogP contribution in [0.15, 0.2) is 41.9 Å². The minimum absolute atomic E-state index is 0.250. The molecule has 2 N–H and O–H groups in total. The molecule has 1 atom stereocenters. The summed E-state index contributed by atoms with van der Waals surface area (Å²) in [7, 11) is 0. The number of carbonyl (C=O) groups excluding carboxylic acids is 1. The number of thioether (sulfide) groups is 1. The maximum absolute atomic E-state index is 11.1. The summed E-state index contributed by atoms with van der Waals surface area (Å²) in [5.41, 5.74) is 6.29. The molecule has 3 nitrogen and oxygen atoms in total. The number of hydrogen-bond donors (Lipinski definition) is 1. The van der Waals surface area contributed by atoms with E-state index < -0.39 is 3.78 Å². The number of hydrogen-bond acceptors (Lipinski definition) is 3. The van der Waals surface area contributed by atoms with E-state index in [1.807, 2.05) is 46.8 Å². The van der Waals surface area contributed by atoms with Gasteiger partial charge in [0.2, 0.25) is 5.91 Å². The molecule has 1 amide bonds. The van der Waals surface area contributed by atoms with Gasteiger partial charge in [0.25, 0.3) is 0 Å². The van der Waals surface area contributed by atoms with Gasteiger partial charge in [-0.2, -0.15) is 0 Å². The van der Waals surface area contributed by atoms with Crippen LogP contribution in [0.2, 0.25) is 0 Å². The molecule has 0 saturated carbocycles. The molecule has 1 unspecified atom stereocenters. The lowest BCUT2D eigenvalue weighted by Crippen LogP contribution is -2.38. The minimum Gasteiger partial charge on any atom is -0.370 e. The van der Waals surface area contributed by atoms with Gasteiger partial charge in [-0.05, 0) is 33.5 Å². The first-order valence-corrected chi connectivity index (χ1v) is 6.45. The number of primary amides is 1. The summed E-state index contributed by atoms with van der Waals surface area (Å²) in [6.07, 6.45) is 2.19. The monoisotopic (exact) mass is 298 g/mol. The van der Waals surface area contributed by atoms with Crippen molar-refractivity contribution in [2.24, 2.45) is 5.73 Å². The van der Waals surface area contributed by atoms with Crippen LogP contribution in [0.1, 0.15) is 6.42 Å². The van der Waals surface area contributed by atoms with Crippen LogP contribution in [0.5, 0.6) is 0 Å². The molecule has 0 spiro atoms. The van der Waals surface area contributed by atoms with Crippen molar-refractivity contribution >= 4 is 39.3 Å². The molecule has 1 aromatic carbocycles. The molecule has 5 heteroatoms. The third-order valence-corrected chi connectivity index (χ3v) is 4.43. The molecule has 2 rings (SSSR count). The third-order valence-electron chi connectivity index (χ3n) is 2.24. The van der Waals surface area contributed by atoms with Crippen molar-refractivity contribution < 1.29 is 4.79 Å². The Morgan fingerprint density at radius 3 is 2.75 bits per heavy atom. The number of para-hydroxylation sites is 1. The van der Waals surface area contributed by atoms with Crippen molar-refractivity contribution in [2.45, 2.75) is 10.2 Å². The highest BCUT2D eigenvalue weighted by atomic mass is 79.9. The Hall–Kier alpha value is -0.940. The number of nitrogens with two attached hydrogens (primary N) is 1. The number of alkyl halides is 1. The van der Waals surface area contributed by atoms with Crippen LogP contribution in [0.4, 0.5) is 5.69 Å². The number of anilines is 1. The molecule has 0 aromatic heterocycles. The van der Waals surface area contributed by atoms with E-state index in [1.54, 1.807) is 0 Å². The van der Waals surface area contributed by atoms with E-state index in [4.69, 9.17) is 5.73 Å². The molecule has 0 fully saturated rings. The van der Waals surface area contributed by atoms with E-state index in [0.29, 0.717) is 0 Å². The zero-order valence-electron chi connectivity index (χ0n) is 8.47. The van der Waals surface area contributed by atoms with Gasteiger partial charge >= 0.3 is 0 Å². The molecular weight excluding hydrogens is 288 g/mol.